The van der Waals surface area contributed by atoms with Gasteiger partial charge in [0.15, 0.2) is 0 Å². The molecular formula is C19H19ClN2OS2. The van der Waals surface area contributed by atoms with E-state index in [4.69, 9.17) is 11.6 Å². The van der Waals surface area contributed by atoms with Gasteiger partial charge in [0.2, 0.25) is 5.91 Å². The number of rotatable bonds is 6. The lowest BCUT2D eigenvalue weighted by Gasteiger charge is -2.08. The molecule has 0 aliphatic heterocycles. The maximum atomic E-state index is 12.2. The fourth-order valence-corrected chi connectivity index (χ4v) is 4.55. The minimum Gasteiger partial charge on any atom is -0.350 e. The molecule has 1 amide bonds. The van der Waals surface area contributed by atoms with Crippen molar-refractivity contribution in [2.75, 3.05) is 5.75 Å². The molecule has 0 bridgehead atoms. The Morgan fingerprint density at radius 1 is 1.28 bits per heavy atom. The number of carbonyl (C=O) groups is 1. The normalized spacial score (nSPS) is 11.2. The minimum absolute atomic E-state index is 0.00634. The number of carbonyl (C=O) groups excluding carboxylic acids is 1. The summed E-state index contributed by atoms with van der Waals surface area (Å²) < 4.78 is 0. The monoisotopic (exact) mass is 390 g/mol. The van der Waals surface area contributed by atoms with Gasteiger partial charge in [-0.3, -0.25) is 4.79 Å². The van der Waals surface area contributed by atoms with Gasteiger partial charge in [-0.1, -0.05) is 49.7 Å². The van der Waals surface area contributed by atoms with Gasteiger partial charge in [-0.05, 0) is 17.5 Å². The smallest absolute Gasteiger partial charge is 0.230 e. The van der Waals surface area contributed by atoms with Crippen LogP contribution in [0.2, 0.25) is 5.02 Å². The summed E-state index contributed by atoms with van der Waals surface area (Å²) in [7, 11) is 0. The molecule has 1 heterocycles. The Hall–Kier alpha value is -1.56. The fourth-order valence-electron chi connectivity index (χ4n) is 2.43. The average Bonchev–Trinajstić information content (AvgIpc) is 3.07. The lowest BCUT2D eigenvalue weighted by atomic mass is 10.1. The van der Waals surface area contributed by atoms with E-state index in [1.807, 2.05) is 41.8 Å². The molecule has 25 heavy (non-hydrogen) atoms. The van der Waals surface area contributed by atoms with Gasteiger partial charge in [0.25, 0.3) is 0 Å². The topological polar surface area (TPSA) is 42.0 Å². The van der Waals surface area contributed by atoms with Gasteiger partial charge >= 0.3 is 0 Å². The molecule has 0 radical (unpaired) electrons. The van der Waals surface area contributed by atoms with E-state index in [9.17, 15) is 4.79 Å². The number of nitrogens with one attached hydrogen (secondary N) is 1. The predicted molar refractivity (Wildman–Crippen MR) is 108 cm³/mol. The van der Waals surface area contributed by atoms with Gasteiger partial charge in [0.1, 0.15) is 0 Å². The molecule has 0 fully saturated rings. The predicted octanol–water partition coefficient (Wildman–Crippen LogP) is 5.48. The van der Waals surface area contributed by atoms with Crippen molar-refractivity contribution >= 4 is 51.4 Å². The summed E-state index contributed by atoms with van der Waals surface area (Å²) in [5, 5.41) is 8.85. The number of nitrogens with zero attached hydrogens (tertiary/aromatic N) is 1. The van der Waals surface area contributed by atoms with Gasteiger partial charge in [-0.15, -0.1) is 23.1 Å². The third-order valence-electron chi connectivity index (χ3n) is 3.70. The van der Waals surface area contributed by atoms with Crippen LogP contribution in [0.5, 0.6) is 0 Å². The number of hydrogen-bond donors (Lipinski definition) is 1. The van der Waals surface area contributed by atoms with E-state index in [2.05, 4.69) is 24.1 Å². The maximum Gasteiger partial charge on any atom is 0.230 e. The van der Waals surface area contributed by atoms with Crippen LogP contribution in [0.25, 0.3) is 10.8 Å². The van der Waals surface area contributed by atoms with Crippen LogP contribution >= 0.6 is 34.7 Å². The summed E-state index contributed by atoms with van der Waals surface area (Å²) in [5.41, 5.74) is 0.917. The summed E-state index contributed by atoms with van der Waals surface area (Å²) in [5.74, 6) is 0.764. The third kappa shape index (κ3) is 4.54. The van der Waals surface area contributed by atoms with Crippen molar-refractivity contribution in [3.8, 4) is 0 Å². The molecule has 3 aromatic rings. The van der Waals surface area contributed by atoms with E-state index < -0.39 is 0 Å². The second kappa shape index (κ2) is 8.21. The zero-order chi connectivity index (χ0) is 17.8. The first kappa shape index (κ1) is 18.2. The number of aromatic nitrogens is 1. The molecule has 6 heteroatoms. The van der Waals surface area contributed by atoms with Crippen LogP contribution in [0.4, 0.5) is 0 Å². The number of halogens is 1. The second-order valence-electron chi connectivity index (χ2n) is 5.99. The standard InChI is InChI=1S/C19H19ClN2OS2/c1-12(2)19-22-14(10-25-19)9-21-17(23)11-24-16-8-4-6-13-5-3-7-15(20)18(13)16/h3-8,10,12H,9,11H2,1-2H3,(H,21,23). The Morgan fingerprint density at radius 2 is 2.04 bits per heavy atom. The Balaban J connectivity index is 1.59. The maximum absolute atomic E-state index is 12.2. The number of benzene rings is 2. The fraction of sp³-hybridized carbons (Fsp3) is 0.263. The molecule has 3 rings (SSSR count). The van der Waals surface area contributed by atoms with Crippen LogP contribution in [0.3, 0.4) is 0 Å². The largest absolute Gasteiger partial charge is 0.350 e. The Kier molecular flexibility index (Phi) is 5.99. The highest BCUT2D eigenvalue weighted by molar-refractivity contribution is 8.00. The van der Waals surface area contributed by atoms with Crippen LogP contribution in [-0.2, 0) is 11.3 Å². The molecule has 0 saturated carbocycles. The third-order valence-corrected chi connectivity index (χ3v) is 6.27. The SMILES string of the molecule is CC(C)c1nc(CNC(=O)CSc2cccc3cccc(Cl)c23)cs1. The highest BCUT2D eigenvalue weighted by Crippen LogP contribution is 2.33. The lowest BCUT2D eigenvalue weighted by Crippen LogP contribution is -2.24. The molecule has 0 aliphatic carbocycles. The first-order valence-electron chi connectivity index (χ1n) is 8.05. The first-order chi connectivity index (χ1) is 12.0. The summed E-state index contributed by atoms with van der Waals surface area (Å²) in [6.07, 6.45) is 0. The van der Waals surface area contributed by atoms with E-state index in [0.29, 0.717) is 23.2 Å². The van der Waals surface area contributed by atoms with Crippen LogP contribution < -0.4 is 5.32 Å². The summed E-state index contributed by atoms with van der Waals surface area (Å²) in [6, 6.07) is 11.9. The first-order valence-corrected chi connectivity index (χ1v) is 10.3. The molecule has 0 spiro atoms. The van der Waals surface area contributed by atoms with Gasteiger partial charge in [-0.25, -0.2) is 4.98 Å². The van der Waals surface area contributed by atoms with E-state index >= 15 is 0 Å². The molecule has 1 aromatic heterocycles. The highest BCUT2D eigenvalue weighted by Gasteiger charge is 2.10. The molecular weight excluding hydrogens is 372 g/mol. The molecule has 2 aromatic carbocycles. The Morgan fingerprint density at radius 3 is 2.76 bits per heavy atom. The van der Waals surface area contributed by atoms with Gasteiger partial charge in [0.05, 0.1) is 23.0 Å². The lowest BCUT2D eigenvalue weighted by molar-refractivity contribution is -0.118. The molecule has 3 nitrogen and oxygen atoms in total. The zero-order valence-electron chi connectivity index (χ0n) is 14.1. The number of fused-ring (bicyclic) bond motifs is 1. The molecule has 130 valence electrons. The van der Waals surface area contributed by atoms with E-state index in [1.165, 1.54) is 11.8 Å². The number of thioether (sulfide) groups is 1. The molecule has 0 unspecified atom stereocenters. The van der Waals surface area contributed by atoms with E-state index in [-0.39, 0.29) is 5.91 Å². The zero-order valence-corrected chi connectivity index (χ0v) is 16.5. The number of thiazole rings is 1. The number of hydrogen-bond acceptors (Lipinski definition) is 4. The van der Waals surface area contributed by atoms with Crippen molar-refractivity contribution in [3.63, 3.8) is 0 Å². The van der Waals surface area contributed by atoms with Crippen LogP contribution in [0.1, 0.15) is 30.5 Å². The van der Waals surface area contributed by atoms with Crippen LogP contribution in [0, 0.1) is 0 Å². The molecule has 0 aliphatic rings. The number of amides is 1. The summed E-state index contributed by atoms with van der Waals surface area (Å²) in [4.78, 5) is 17.7. The minimum atomic E-state index is -0.00634. The Bertz CT molecular complexity index is 887. The second-order valence-corrected chi connectivity index (χ2v) is 8.31. The van der Waals surface area contributed by atoms with Gasteiger partial charge in [0, 0.05) is 26.6 Å². The van der Waals surface area contributed by atoms with Crippen LogP contribution in [-0.4, -0.2) is 16.6 Å². The van der Waals surface area contributed by atoms with Crippen molar-refractivity contribution in [2.24, 2.45) is 0 Å². The summed E-state index contributed by atoms with van der Waals surface area (Å²) in [6.45, 7) is 4.71. The average molecular weight is 391 g/mol. The molecule has 0 saturated heterocycles. The summed E-state index contributed by atoms with van der Waals surface area (Å²) >= 11 is 9.47. The van der Waals surface area contributed by atoms with E-state index in [0.717, 1.165) is 26.4 Å². The Labute approximate surface area is 160 Å². The van der Waals surface area contributed by atoms with Crippen molar-refractivity contribution < 1.29 is 4.79 Å². The van der Waals surface area contributed by atoms with Gasteiger partial charge in [-0.2, -0.15) is 0 Å². The van der Waals surface area contributed by atoms with Crippen molar-refractivity contribution in [3.05, 3.63) is 57.5 Å². The van der Waals surface area contributed by atoms with Gasteiger partial charge < -0.3 is 5.32 Å². The van der Waals surface area contributed by atoms with Crippen molar-refractivity contribution in [1.82, 2.24) is 10.3 Å². The van der Waals surface area contributed by atoms with E-state index in [1.54, 1.807) is 11.3 Å². The van der Waals surface area contributed by atoms with Crippen molar-refractivity contribution in [1.29, 1.82) is 0 Å². The molecule has 1 N–H and O–H groups in total. The van der Waals surface area contributed by atoms with Crippen molar-refractivity contribution in [2.45, 2.75) is 31.2 Å². The van der Waals surface area contributed by atoms with Crippen LogP contribution in [0.15, 0.2) is 46.7 Å². The highest BCUT2D eigenvalue weighted by atomic mass is 35.5. The molecule has 0 atom stereocenters. The quantitative estimate of drug-likeness (QED) is 0.566.